The van der Waals surface area contributed by atoms with Crippen molar-refractivity contribution in [3.63, 3.8) is 0 Å². The number of thioether (sulfide) groups is 1. The Morgan fingerprint density at radius 3 is 2.27 bits per heavy atom. The highest BCUT2D eigenvalue weighted by molar-refractivity contribution is 8.00. The molecule has 4 aromatic carbocycles. The van der Waals surface area contributed by atoms with Crippen LogP contribution < -0.4 is 15.5 Å². The minimum absolute atomic E-state index is 0.0316. The van der Waals surface area contributed by atoms with Gasteiger partial charge in [0.15, 0.2) is 0 Å². The monoisotopic (exact) mass is 609 g/mol. The van der Waals surface area contributed by atoms with Crippen molar-refractivity contribution in [2.75, 3.05) is 10.2 Å². The number of benzene rings is 4. The lowest BCUT2D eigenvalue weighted by atomic mass is 10.1. The first-order valence-electron chi connectivity index (χ1n) is 13.3. The molecule has 9 nitrogen and oxygen atoms in total. The standard InChI is InChI=1S/C33H24FN3O6S/c34-26-12-5-4-9-22(26)17-27(36-30(39)20-7-2-1-3-8-20)31(40)35-23-10-6-11-25(18-23)44-28-19-29(38)37(32(28)41)24-15-13-21(14-16-24)33(42)43/h1-18,28H,19H2,(H,35,40)(H,36,39)(H,42,43). The zero-order chi connectivity index (χ0) is 31.2. The average Bonchev–Trinajstić information content (AvgIpc) is 3.30. The van der Waals surface area contributed by atoms with E-state index in [0.717, 1.165) is 16.7 Å². The van der Waals surface area contributed by atoms with Gasteiger partial charge < -0.3 is 15.7 Å². The van der Waals surface area contributed by atoms with Crippen molar-refractivity contribution in [2.45, 2.75) is 16.6 Å². The predicted octanol–water partition coefficient (Wildman–Crippen LogP) is 5.36. The Hall–Kier alpha value is -5.55. The fourth-order valence-electron chi connectivity index (χ4n) is 4.42. The number of anilines is 2. The van der Waals surface area contributed by atoms with E-state index < -0.39 is 40.7 Å². The van der Waals surface area contributed by atoms with Gasteiger partial charge in [-0.3, -0.25) is 19.2 Å². The topological polar surface area (TPSA) is 133 Å². The minimum Gasteiger partial charge on any atom is -0.478 e. The lowest BCUT2D eigenvalue weighted by Crippen LogP contribution is -2.31. The summed E-state index contributed by atoms with van der Waals surface area (Å²) in [7, 11) is 0. The van der Waals surface area contributed by atoms with Gasteiger partial charge in [-0.1, -0.05) is 42.5 Å². The van der Waals surface area contributed by atoms with Gasteiger partial charge >= 0.3 is 5.97 Å². The largest absolute Gasteiger partial charge is 0.478 e. The molecular weight excluding hydrogens is 585 g/mol. The zero-order valence-corrected chi connectivity index (χ0v) is 23.7. The summed E-state index contributed by atoms with van der Waals surface area (Å²) < 4.78 is 14.4. The summed E-state index contributed by atoms with van der Waals surface area (Å²) in [4.78, 5) is 64.8. The Bertz CT molecular complexity index is 1790. The molecule has 4 aromatic rings. The number of nitrogens with zero attached hydrogens (tertiary/aromatic N) is 1. The second kappa shape index (κ2) is 13.2. The number of carboxylic acids is 1. The third-order valence-corrected chi connectivity index (χ3v) is 7.76. The van der Waals surface area contributed by atoms with Crippen LogP contribution in [0.1, 0.15) is 32.7 Å². The van der Waals surface area contributed by atoms with Crippen molar-refractivity contribution < 1.29 is 33.5 Å². The second-order valence-electron chi connectivity index (χ2n) is 9.61. The van der Waals surface area contributed by atoms with Gasteiger partial charge in [0.1, 0.15) is 11.5 Å². The van der Waals surface area contributed by atoms with Gasteiger partial charge in [-0.15, -0.1) is 11.8 Å². The molecule has 0 spiro atoms. The second-order valence-corrected chi connectivity index (χ2v) is 10.9. The zero-order valence-electron chi connectivity index (χ0n) is 22.9. The number of halogens is 1. The van der Waals surface area contributed by atoms with Crippen LogP contribution >= 0.6 is 11.8 Å². The van der Waals surface area contributed by atoms with E-state index >= 15 is 0 Å². The molecule has 1 atom stereocenters. The number of nitrogens with one attached hydrogen (secondary N) is 2. The molecule has 1 saturated heterocycles. The summed E-state index contributed by atoms with van der Waals surface area (Å²) in [5, 5.41) is 13.6. The number of hydrogen-bond acceptors (Lipinski definition) is 6. The Balaban J connectivity index is 1.32. The number of imide groups is 1. The predicted molar refractivity (Wildman–Crippen MR) is 164 cm³/mol. The summed E-state index contributed by atoms with van der Waals surface area (Å²) in [6.07, 6.45) is 1.17. The van der Waals surface area contributed by atoms with Crippen molar-refractivity contribution in [2.24, 2.45) is 0 Å². The van der Waals surface area contributed by atoms with Crippen molar-refractivity contribution in [3.05, 3.63) is 131 Å². The number of aromatic carboxylic acids is 1. The van der Waals surface area contributed by atoms with Crippen LogP contribution in [0.5, 0.6) is 0 Å². The summed E-state index contributed by atoms with van der Waals surface area (Å²) in [5.74, 6) is -3.83. The van der Waals surface area contributed by atoms with Gasteiger partial charge in [-0.05, 0) is 66.7 Å². The first kappa shape index (κ1) is 29.9. The molecule has 0 aliphatic carbocycles. The van der Waals surface area contributed by atoms with Gasteiger partial charge in [0.05, 0.1) is 16.5 Å². The SMILES string of the molecule is O=C(Nc1cccc(SC2CC(=O)N(c3ccc(C(=O)O)cc3)C2=O)c1)C(=Cc1ccccc1F)NC(=O)c1ccccc1. The molecule has 11 heteroatoms. The summed E-state index contributed by atoms with van der Waals surface area (Å²) in [6, 6.07) is 26.1. The van der Waals surface area contributed by atoms with Crippen LogP contribution in [0.2, 0.25) is 0 Å². The molecule has 0 saturated carbocycles. The smallest absolute Gasteiger partial charge is 0.335 e. The van der Waals surface area contributed by atoms with Crippen molar-refractivity contribution in [1.29, 1.82) is 0 Å². The van der Waals surface area contributed by atoms with Gasteiger partial charge in [0.2, 0.25) is 11.8 Å². The first-order chi connectivity index (χ1) is 21.2. The van der Waals surface area contributed by atoms with Crippen LogP contribution in [0.15, 0.2) is 114 Å². The lowest BCUT2D eigenvalue weighted by molar-refractivity contribution is -0.121. The third kappa shape index (κ3) is 6.90. The van der Waals surface area contributed by atoms with Crippen LogP contribution in [0, 0.1) is 5.82 Å². The average molecular weight is 610 g/mol. The molecule has 1 heterocycles. The molecule has 0 aromatic heterocycles. The van der Waals surface area contributed by atoms with E-state index in [2.05, 4.69) is 10.6 Å². The summed E-state index contributed by atoms with van der Waals surface area (Å²) in [5.41, 5.74) is 0.863. The molecule has 5 rings (SSSR count). The van der Waals surface area contributed by atoms with Crippen LogP contribution in [0.25, 0.3) is 6.08 Å². The van der Waals surface area contributed by atoms with Gasteiger partial charge in [0.25, 0.3) is 11.8 Å². The highest BCUT2D eigenvalue weighted by Gasteiger charge is 2.40. The maximum Gasteiger partial charge on any atom is 0.335 e. The van der Waals surface area contributed by atoms with Crippen LogP contribution in [0.4, 0.5) is 15.8 Å². The molecule has 1 unspecified atom stereocenters. The van der Waals surface area contributed by atoms with E-state index in [-0.39, 0.29) is 28.9 Å². The molecule has 1 fully saturated rings. The van der Waals surface area contributed by atoms with Crippen LogP contribution in [0.3, 0.4) is 0 Å². The number of carboxylic acid groups (broad SMARTS) is 1. The van der Waals surface area contributed by atoms with E-state index in [1.165, 1.54) is 48.5 Å². The maximum absolute atomic E-state index is 14.4. The van der Waals surface area contributed by atoms with Crippen LogP contribution in [-0.2, 0) is 14.4 Å². The number of carbonyl (C=O) groups is 5. The fourth-order valence-corrected chi connectivity index (χ4v) is 5.53. The molecule has 0 bridgehead atoms. The number of carbonyl (C=O) groups excluding carboxylic acids is 4. The maximum atomic E-state index is 14.4. The molecule has 0 radical (unpaired) electrons. The highest BCUT2D eigenvalue weighted by atomic mass is 32.2. The van der Waals surface area contributed by atoms with E-state index in [1.807, 2.05) is 0 Å². The van der Waals surface area contributed by atoms with Crippen molar-refractivity contribution in [3.8, 4) is 0 Å². The number of hydrogen-bond donors (Lipinski definition) is 3. The minimum atomic E-state index is -1.12. The van der Waals surface area contributed by atoms with E-state index in [1.54, 1.807) is 60.7 Å². The quantitative estimate of drug-likeness (QED) is 0.172. The van der Waals surface area contributed by atoms with Crippen LogP contribution in [-0.4, -0.2) is 40.0 Å². The Labute approximate surface area is 255 Å². The van der Waals surface area contributed by atoms with Gasteiger partial charge in [-0.2, -0.15) is 0 Å². The van der Waals surface area contributed by atoms with E-state index in [9.17, 15) is 28.4 Å². The Morgan fingerprint density at radius 2 is 1.57 bits per heavy atom. The first-order valence-corrected chi connectivity index (χ1v) is 14.2. The Morgan fingerprint density at radius 1 is 0.864 bits per heavy atom. The highest BCUT2D eigenvalue weighted by Crippen LogP contribution is 2.35. The molecular formula is C33H24FN3O6S. The molecule has 1 aliphatic rings. The molecule has 1 aliphatic heterocycles. The molecule has 220 valence electrons. The summed E-state index contributed by atoms with van der Waals surface area (Å²) >= 11 is 1.14. The Kier molecular flexibility index (Phi) is 8.96. The third-order valence-electron chi connectivity index (χ3n) is 6.58. The van der Waals surface area contributed by atoms with Gasteiger partial charge in [0, 0.05) is 28.1 Å². The van der Waals surface area contributed by atoms with E-state index in [4.69, 9.17) is 5.11 Å². The lowest BCUT2D eigenvalue weighted by Gasteiger charge is -2.15. The van der Waals surface area contributed by atoms with Crippen molar-refractivity contribution >= 4 is 58.8 Å². The molecule has 3 N–H and O–H groups in total. The number of rotatable bonds is 9. The number of amides is 4. The molecule has 4 amide bonds. The molecule has 44 heavy (non-hydrogen) atoms. The summed E-state index contributed by atoms with van der Waals surface area (Å²) in [6.45, 7) is 0. The fraction of sp³-hybridized carbons (Fsp3) is 0.0606. The normalized spacial score (nSPS) is 14.8. The van der Waals surface area contributed by atoms with Gasteiger partial charge in [-0.25, -0.2) is 14.1 Å². The van der Waals surface area contributed by atoms with E-state index in [0.29, 0.717) is 16.1 Å². The van der Waals surface area contributed by atoms with Crippen molar-refractivity contribution in [1.82, 2.24) is 5.32 Å².